The van der Waals surface area contributed by atoms with E-state index in [9.17, 15) is 9.59 Å². The summed E-state index contributed by atoms with van der Waals surface area (Å²) in [5, 5.41) is 8.82. The number of rotatable bonds is 5. The van der Waals surface area contributed by atoms with E-state index in [-0.39, 0.29) is 12.3 Å². The van der Waals surface area contributed by atoms with Crippen LogP contribution in [0.4, 0.5) is 0 Å². The molecule has 1 heterocycles. The van der Waals surface area contributed by atoms with Crippen LogP contribution in [0.3, 0.4) is 0 Å². The van der Waals surface area contributed by atoms with E-state index in [4.69, 9.17) is 16.3 Å². The van der Waals surface area contributed by atoms with Crippen molar-refractivity contribution in [1.82, 2.24) is 15.0 Å². The van der Waals surface area contributed by atoms with Crippen LogP contribution in [-0.2, 0) is 9.47 Å². The maximum atomic E-state index is 12.6. The van der Waals surface area contributed by atoms with Gasteiger partial charge in [0.15, 0.2) is 5.69 Å². The Morgan fingerprint density at radius 3 is 2.30 bits per heavy atom. The zero-order valence-corrected chi connectivity index (χ0v) is 15.4. The fraction of sp³-hybridized carbons (Fsp3) is 0.158. The van der Waals surface area contributed by atoms with Gasteiger partial charge in [0.05, 0.1) is 25.0 Å². The Labute approximate surface area is 160 Å². The molecule has 3 aromatic rings. The van der Waals surface area contributed by atoms with Crippen LogP contribution in [0, 0.1) is 0 Å². The second kappa shape index (κ2) is 8.01. The molecule has 0 N–H and O–H groups in total. The minimum absolute atomic E-state index is 0.185. The number of ether oxygens (including phenoxy) is 2. The van der Waals surface area contributed by atoms with Gasteiger partial charge in [0, 0.05) is 10.6 Å². The van der Waals surface area contributed by atoms with Gasteiger partial charge in [-0.1, -0.05) is 28.9 Å². The van der Waals surface area contributed by atoms with Crippen molar-refractivity contribution < 1.29 is 19.1 Å². The molecule has 0 fully saturated rings. The van der Waals surface area contributed by atoms with Gasteiger partial charge in [-0.2, -0.15) is 0 Å². The molecule has 0 aliphatic carbocycles. The van der Waals surface area contributed by atoms with Crippen molar-refractivity contribution in [1.29, 1.82) is 0 Å². The van der Waals surface area contributed by atoms with E-state index < -0.39 is 11.9 Å². The summed E-state index contributed by atoms with van der Waals surface area (Å²) in [6.45, 7) is 1.94. The normalized spacial score (nSPS) is 10.5. The van der Waals surface area contributed by atoms with Gasteiger partial charge in [0.2, 0.25) is 0 Å². The summed E-state index contributed by atoms with van der Waals surface area (Å²) >= 11 is 5.93. The lowest BCUT2D eigenvalue weighted by Gasteiger charge is -2.08. The highest BCUT2D eigenvalue weighted by atomic mass is 35.5. The van der Waals surface area contributed by atoms with Gasteiger partial charge in [-0.05, 0) is 43.3 Å². The fourth-order valence-corrected chi connectivity index (χ4v) is 2.63. The lowest BCUT2D eigenvalue weighted by molar-refractivity contribution is 0.0515. The Bertz CT molecular complexity index is 966. The average molecular weight is 386 g/mol. The quantitative estimate of drug-likeness (QED) is 0.624. The van der Waals surface area contributed by atoms with Crippen molar-refractivity contribution in [2.24, 2.45) is 0 Å². The number of halogens is 1. The third-order valence-corrected chi connectivity index (χ3v) is 4.04. The zero-order valence-electron chi connectivity index (χ0n) is 14.7. The van der Waals surface area contributed by atoms with E-state index in [1.54, 1.807) is 55.5 Å². The molecule has 0 unspecified atom stereocenters. The molecular weight excluding hydrogens is 370 g/mol. The van der Waals surface area contributed by atoms with E-state index in [1.807, 2.05) is 0 Å². The van der Waals surface area contributed by atoms with Crippen molar-refractivity contribution in [2.75, 3.05) is 13.7 Å². The van der Waals surface area contributed by atoms with Gasteiger partial charge in [-0.25, -0.2) is 14.3 Å². The number of nitrogens with zero attached hydrogens (tertiary/aromatic N) is 3. The highest BCUT2D eigenvalue weighted by Gasteiger charge is 2.24. The lowest BCUT2D eigenvalue weighted by Crippen LogP contribution is -2.13. The minimum atomic E-state index is -0.551. The van der Waals surface area contributed by atoms with Crippen LogP contribution in [0.25, 0.3) is 16.9 Å². The standard InChI is InChI=1S/C19H16ClN3O4/c1-3-27-19(25)17-16(12-4-8-14(20)9-5-12)21-22-23(17)15-10-6-13(7-11-15)18(24)26-2/h4-11H,3H2,1-2H3. The van der Waals surface area contributed by atoms with E-state index in [1.165, 1.54) is 11.8 Å². The third kappa shape index (κ3) is 3.83. The van der Waals surface area contributed by atoms with Gasteiger partial charge in [0.1, 0.15) is 5.69 Å². The van der Waals surface area contributed by atoms with Gasteiger partial charge >= 0.3 is 11.9 Å². The number of carbonyl (C=O) groups excluding carboxylic acids is 2. The molecule has 0 aliphatic rings. The van der Waals surface area contributed by atoms with Crippen LogP contribution >= 0.6 is 11.6 Å². The van der Waals surface area contributed by atoms with Gasteiger partial charge in [0.25, 0.3) is 0 Å². The predicted molar refractivity (Wildman–Crippen MR) is 99.1 cm³/mol. The second-order valence-electron chi connectivity index (χ2n) is 5.46. The molecule has 0 saturated heterocycles. The smallest absolute Gasteiger partial charge is 0.359 e. The van der Waals surface area contributed by atoms with Gasteiger partial charge in [-0.3, -0.25) is 0 Å². The maximum absolute atomic E-state index is 12.6. The average Bonchev–Trinajstić information content (AvgIpc) is 3.13. The molecule has 8 heteroatoms. The van der Waals surface area contributed by atoms with E-state index >= 15 is 0 Å². The van der Waals surface area contributed by atoms with Gasteiger partial charge in [-0.15, -0.1) is 5.10 Å². The lowest BCUT2D eigenvalue weighted by atomic mass is 10.1. The highest BCUT2D eigenvalue weighted by Crippen LogP contribution is 2.25. The first-order chi connectivity index (χ1) is 13.0. The summed E-state index contributed by atoms with van der Waals surface area (Å²) in [6.07, 6.45) is 0. The molecule has 2 aromatic carbocycles. The van der Waals surface area contributed by atoms with Crippen molar-refractivity contribution in [3.63, 3.8) is 0 Å². The summed E-state index contributed by atoms with van der Waals surface area (Å²) in [4.78, 5) is 24.2. The number of aromatic nitrogens is 3. The Hall–Kier alpha value is -3.19. The first-order valence-corrected chi connectivity index (χ1v) is 8.50. The summed E-state index contributed by atoms with van der Waals surface area (Å²) in [5.74, 6) is -1.00. The predicted octanol–water partition coefficient (Wildman–Crippen LogP) is 3.55. The Kier molecular flexibility index (Phi) is 5.52. The maximum Gasteiger partial charge on any atom is 0.359 e. The number of hydrogen-bond acceptors (Lipinski definition) is 6. The number of methoxy groups -OCH3 is 1. The molecule has 27 heavy (non-hydrogen) atoms. The van der Waals surface area contributed by atoms with E-state index in [0.29, 0.717) is 27.5 Å². The van der Waals surface area contributed by atoms with Gasteiger partial charge < -0.3 is 9.47 Å². The Balaban J connectivity index is 2.08. The molecule has 0 spiro atoms. The molecule has 138 valence electrons. The summed E-state index contributed by atoms with van der Waals surface area (Å²) in [5.41, 5.74) is 2.18. The molecule has 0 saturated carbocycles. The molecule has 1 aromatic heterocycles. The number of hydrogen-bond donors (Lipinski definition) is 0. The fourth-order valence-electron chi connectivity index (χ4n) is 2.50. The monoisotopic (exact) mass is 385 g/mol. The van der Waals surface area contributed by atoms with Crippen molar-refractivity contribution >= 4 is 23.5 Å². The molecule has 0 radical (unpaired) electrons. The number of esters is 2. The van der Waals surface area contributed by atoms with E-state index in [0.717, 1.165) is 0 Å². The largest absolute Gasteiger partial charge is 0.465 e. The zero-order chi connectivity index (χ0) is 19.4. The minimum Gasteiger partial charge on any atom is -0.465 e. The number of benzene rings is 2. The van der Waals surface area contributed by atoms with Crippen molar-refractivity contribution in [3.8, 4) is 16.9 Å². The highest BCUT2D eigenvalue weighted by molar-refractivity contribution is 6.30. The van der Waals surface area contributed by atoms with E-state index in [2.05, 4.69) is 15.0 Å². The van der Waals surface area contributed by atoms with Crippen molar-refractivity contribution in [3.05, 3.63) is 64.8 Å². The van der Waals surface area contributed by atoms with Crippen LogP contribution in [0.15, 0.2) is 48.5 Å². The Morgan fingerprint density at radius 1 is 1.04 bits per heavy atom. The molecular formula is C19H16ClN3O4. The van der Waals surface area contributed by atoms with Crippen LogP contribution < -0.4 is 0 Å². The topological polar surface area (TPSA) is 83.3 Å². The first-order valence-electron chi connectivity index (χ1n) is 8.12. The van der Waals surface area contributed by atoms with Crippen LogP contribution in [0.2, 0.25) is 5.02 Å². The van der Waals surface area contributed by atoms with Crippen LogP contribution in [-0.4, -0.2) is 40.6 Å². The molecule has 0 atom stereocenters. The Morgan fingerprint density at radius 2 is 1.70 bits per heavy atom. The van der Waals surface area contributed by atoms with Crippen LogP contribution in [0.1, 0.15) is 27.8 Å². The summed E-state index contributed by atoms with van der Waals surface area (Å²) < 4.78 is 11.2. The first kappa shape index (κ1) is 18.6. The van der Waals surface area contributed by atoms with Crippen molar-refractivity contribution in [2.45, 2.75) is 6.92 Å². The molecule has 0 bridgehead atoms. The number of carbonyl (C=O) groups is 2. The summed E-state index contributed by atoms with van der Waals surface area (Å²) in [6, 6.07) is 13.4. The molecule has 3 rings (SSSR count). The molecule has 7 nitrogen and oxygen atoms in total. The molecule has 0 amide bonds. The SMILES string of the molecule is CCOC(=O)c1c(-c2ccc(Cl)cc2)nnn1-c1ccc(C(=O)OC)cc1. The third-order valence-electron chi connectivity index (χ3n) is 3.79. The summed E-state index contributed by atoms with van der Waals surface area (Å²) in [7, 11) is 1.31. The second-order valence-corrected chi connectivity index (χ2v) is 5.90. The van der Waals surface area contributed by atoms with Crippen LogP contribution in [0.5, 0.6) is 0 Å². The molecule has 0 aliphatic heterocycles.